The van der Waals surface area contributed by atoms with Crippen LogP contribution in [0.1, 0.15) is 15.9 Å². The summed E-state index contributed by atoms with van der Waals surface area (Å²) in [7, 11) is -2.73. The molecule has 0 aliphatic rings. The van der Waals surface area contributed by atoms with Crippen molar-refractivity contribution >= 4 is 15.9 Å². The molecular formula is C20H15FO5S. The summed E-state index contributed by atoms with van der Waals surface area (Å²) in [5.41, 5.74) is 0.648. The summed E-state index contributed by atoms with van der Waals surface area (Å²) >= 11 is 0. The minimum atomic E-state index is -4.10. The molecule has 0 aliphatic heterocycles. The van der Waals surface area contributed by atoms with Gasteiger partial charge in [0.05, 0.1) is 7.11 Å². The summed E-state index contributed by atoms with van der Waals surface area (Å²) in [6.07, 6.45) is 0. The second-order valence-electron chi connectivity index (χ2n) is 5.55. The summed E-state index contributed by atoms with van der Waals surface area (Å²) in [4.78, 5) is 12.3. The highest BCUT2D eigenvalue weighted by Gasteiger charge is 2.21. The first-order valence-corrected chi connectivity index (χ1v) is 9.29. The highest BCUT2D eigenvalue weighted by atomic mass is 32.2. The lowest BCUT2D eigenvalue weighted by Gasteiger charge is -2.10. The Morgan fingerprint density at radius 2 is 1.41 bits per heavy atom. The number of para-hydroxylation sites is 1. The minimum Gasteiger partial charge on any atom is -0.495 e. The third kappa shape index (κ3) is 4.15. The van der Waals surface area contributed by atoms with Crippen LogP contribution in [0.5, 0.6) is 11.5 Å². The number of hydrogen-bond acceptors (Lipinski definition) is 5. The largest absolute Gasteiger partial charge is 0.495 e. The van der Waals surface area contributed by atoms with E-state index in [1.165, 1.54) is 67.8 Å². The van der Waals surface area contributed by atoms with Crippen LogP contribution >= 0.6 is 0 Å². The van der Waals surface area contributed by atoms with E-state index in [-0.39, 0.29) is 22.2 Å². The molecule has 0 fully saturated rings. The molecule has 0 unspecified atom stereocenters. The van der Waals surface area contributed by atoms with Gasteiger partial charge in [0.15, 0.2) is 5.78 Å². The highest BCUT2D eigenvalue weighted by molar-refractivity contribution is 7.87. The van der Waals surface area contributed by atoms with Crippen molar-refractivity contribution in [2.45, 2.75) is 4.90 Å². The van der Waals surface area contributed by atoms with Crippen LogP contribution < -0.4 is 8.92 Å². The summed E-state index contributed by atoms with van der Waals surface area (Å²) in [5.74, 6) is -0.525. The Balaban J connectivity index is 1.81. The zero-order chi connectivity index (χ0) is 19.4. The molecule has 0 amide bonds. The zero-order valence-corrected chi connectivity index (χ0v) is 15.1. The number of ether oxygens (including phenoxy) is 1. The molecular weight excluding hydrogens is 371 g/mol. The molecule has 5 nitrogen and oxygen atoms in total. The molecule has 0 saturated heterocycles. The van der Waals surface area contributed by atoms with Crippen molar-refractivity contribution in [3.8, 4) is 11.5 Å². The van der Waals surface area contributed by atoms with Crippen LogP contribution in [0.4, 0.5) is 4.39 Å². The highest BCUT2D eigenvalue weighted by Crippen LogP contribution is 2.26. The molecule has 138 valence electrons. The van der Waals surface area contributed by atoms with Gasteiger partial charge in [0, 0.05) is 11.1 Å². The van der Waals surface area contributed by atoms with E-state index in [2.05, 4.69) is 0 Å². The van der Waals surface area contributed by atoms with Crippen molar-refractivity contribution in [3.63, 3.8) is 0 Å². The van der Waals surface area contributed by atoms with Gasteiger partial charge >= 0.3 is 10.1 Å². The second kappa shape index (κ2) is 7.59. The number of hydrogen-bond donors (Lipinski definition) is 0. The van der Waals surface area contributed by atoms with Crippen LogP contribution in [-0.2, 0) is 10.1 Å². The molecule has 7 heteroatoms. The lowest BCUT2D eigenvalue weighted by atomic mass is 10.0. The lowest BCUT2D eigenvalue weighted by molar-refractivity contribution is 0.103. The smallest absolute Gasteiger partial charge is 0.342 e. The van der Waals surface area contributed by atoms with Gasteiger partial charge in [-0.15, -0.1) is 0 Å². The first-order valence-electron chi connectivity index (χ1n) is 7.88. The van der Waals surface area contributed by atoms with Crippen LogP contribution in [0.2, 0.25) is 0 Å². The van der Waals surface area contributed by atoms with Gasteiger partial charge in [0.25, 0.3) is 0 Å². The number of benzene rings is 3. The van der Waals surface area contributed by atoms with Crippen LogP contribution in [0.15, 0.2) is 77.7 Å². The van der Waals surface area contributed by atoms with Crippen molar-refractivity contribution in [1.82, 2.24) is 0 Å². The van der Waals surface area contributed by atoms with Gasteiger partial charge in [-0.05, 0) is 60.7 Å². The van der Waals surface area contributed by atoms with Gasteiger partial charge in [-0.1, -0.05) is 12.1 Å². The molecule has 0 bridgehead atoms. The maximum atomic E-state index is 13.0. The monoisotopic (exact) mass is 386 g/mol. The number of rotatable bonds is 6. The Kier molecular flexibility index (Phi) is 5.23. The number of methoxy groups -OCH3 is 1. The fourth-order valence-electron chi connectivity index (χ4n) is 2.43. The molecule has 0 heterocycles. The maximum Gasteiger partial charge on any atom is 0.342 e. The van der Waals surface area contributed by atoms with Crippen molar-refractivity contribution < 1.29 is 26.5 Å². The number of carbonyl (C=O) groups is 1. The van der Waals surface area contributed by atoms with Crippen molar-refractivity contribution in [1.29, 1.82) is 0 Å². The summed E-state index contributed by atoms with van der Waals surface area (Å²) < 4.78 is 48.0. The standard InChI is InChI=1S/C20H15FO5S/c1-25-18-4-2-3-5-19(18)27(23,24)26-17-12-8-15(9-13-17)20(22)14-6-10-16(21)11-7-14/h2-13H,1H3. The molecule has 3 aromatic carbocycles. The summed E-state index contributed by atoms with van der Waals surface area (Å²) in [6, 6.07) is 16.9. The van der Waals surface area contributed by atoms with Crippen molar-refractivity contribution in [2.24, 2.45) is 0 Å². The molecule has 27 heavy (non-hydrogen) atoms. The van der Waals surface area contributed by atoms with Gasteiger partial charge in [0.1, 0.15) is 22.2 Å². The van der Waals surface area contributed by atoms with Crippen molar-refractivity contribution in [2.75, 3.05) is 7.11 Å². The van der Waals surface area contributed by atoms with E-state index in [0.29, 0.717) is 11.1 Å². The quantitative estimate of drug-likeness (QED) is 0.476. The number of halogens is 1. The molecule has 3 aromatic rings. The number of ketones is 1. The topological polar surface area (TPSA) is 69.7 Å². The average molecular weight is 386 g/mol. The third-order valence-electron chi connectivity index (χ3n) is 3.77. The van der Waals surface area contributed by atoms with Crippen LogP contribution in [-0.4, -0.2) is 21.3 Å². The average Bonchev–Trinajstić information content (AvgIpc) is 2.68. The summed E-state index contributed by atoms with van der Waals surface area (Å²) in [5, 5.41) is 0. The van der Waals surface area contributed by atoms with E-state index in [1.807, 2.05) is 0 Å². The van der Waals surface area contributed by atoms with E-state index >= 15 is 0 Å². The Bertz CT molecular complexity index is 1060. The maximum absolute atomic E-state index is 13.0. The molecule has 0 radical (unpaired) electrons. The predicted molar refractivity (Wildman–Crippen MR) is 97.1 cm³/mol. The van der Waals surface area contributed by atoms with Crippen LogP contribution in [0.25, 0.3) is 0 Å². The molecule has 0 atom stereocenters. The normalized spacial score (nSPS) is 11.0. The predicted octanol–water partition coefficient (Wildman–Crippen LogP) is 3.83. The van der Waals surface area contributed by atoms with E-state index in [4.69, 9.17) is 8.92 Å². The molecule has 3 rings (SSSR count). The van der Waals surface area contributed by atoms with E-state index in [0.717, 1.165) is 0 Å². The first kappa shape index (κ1) is 18.6. The van der Waals surface area contributed by atoms with E-state index in [9.17, 15) is 17.6 Å². The fourth-order valence-corrected chi connectivity index (χ4v) is 3.52. The molecule has 0 aromatic heterocycles. The Hall–Kier alpha value is -3.19. The molecule has 0 spiro atoms. The SMILES string of the molecule is COc1ccccc1S(=O)(=O)Oc1ccc(C(=O)c2ccc(F)cc2)cc1. The molecule has 0 saturated carbocycles. The Morgan fingerprint density at radius 1 is 0.852 bits per heavy atom. The second-order valence-corrected chi connectivity index (χ2v) is 7.06. The Labute approximate surface area is 156 Å². The third-order valence-corrected chi connectivity index (χ3v) is 5.06. The van der Waals surface area contributed by atoms with E-state index in [1.54, 1.807) is 12.1 Å². The number of carbonyl (C=O) groups excluding carboxylic acids is 1. The van der Waals surface area contributed by atoms with Gasteiger partial charge < -0.3 is 8.92 Å². The Morgan fingerprint density at radius 3 is 2.00 bits per heavy atom. The lowest BCUT2D eigenvalue weighted by Crippen LogP contribution is -2.11. The minimum absolute atomic E-state index is 0.0524. The van der Waals surface area contributed by atoms with Gasteiger partial charge in [-0.25, -0.2) is 4.39 Å². The van der Waals surface area contributed by atoms with Gasteiger partial charge in [-0.2, -0.15) is 8.42 Å². The molecule has 0 aliphatic carbocycles. The first-order chi connectivity index (χ1) is 12.9. The zero-order valence-electron chi connectivity index (χ0n) is 14.3. The fraction of sp³-hybridized carbons (Fsp3) is 0.0500. The van der Waals surface area contributed by atoms with Crippen LogP contribution in [0.3, 0.4) is 0 Å². The van der Waals surface area contributed by atoms with Crippen LogP contribution in [0, 0.1) is 5.82 Å². The summed E-state index contributed by atoms with van der Waals surface area (Å²) in [6.45, 7) is 0. The molecule has 0 N–H and O–H groups in total. The van der Waals surface area contributed by atoms with Gasteiger partial charge in [-0.3, -0.25) is 4.79 Å². The van der Waals surface area contributed by atoms with E-state index < -0.39 is 15.9 Å². The van der Waals surface area contributed by atoms with Crippen molar-refractivity contribution in [3.05, 3.63) is 89.7 Å². The van der Waals surface area contributed by atoms with Gasteiger partial charge in [0.2, 0.25) is 0 Å².